The molecule has 1 heteroatoms. The molecule has 0 N–H and O–H groups in total. The van der Waals surface area contributed by atoms with Crippen molar-refractivity contribution >= 4 is 7.26 Å². The van der Waals surface area contributed by atoms with Crippen LogP contribution in [-0.2, 0) is 0 Å². The zero-order valence-electron chi connectivity index (χ0n) is 8.16. The van der Waals surface area contributed by atoms with Crippen molar-refractivity contribution in [3.63, 3.8) is 0 Å². The van der Waals surface area contributed by atoms with Gasteiger partial charge in [0.2, 0.25) is 0 Å². The van der Waals surface area contributed by atoms with Gasteiger partial charge in [0.15, 0.2) is 0 Å². The van der Waals surface area contributed by atoms with Gasteiger partial charge in [0.25, 0.3) is 0 Å². The van der Waals surface area contributed by atoms with Crippen molar-refractivity contribution < 1.29 is 0 Å². The summed E-state index contributed by atoms with van der Waals surface area (Å²) in [5.74, 6) is 0. The van der Waals surface area contributed by atoms with E-state index in [9.17, 15) is 0 Å². The summed E-state index contributed by atoms with van der Waals surface area (Å²) < 4.78 is 0. The van der Waals surface area contributed by atoms with Gasteiger partial charge in [-0.05, 0) is 0 Å². The average molecular weight is 174 g/mol. The van der Waals surface area contributed by atoms with E-state index in [-0.39, 0.29) is 0 Å². The minimum absolute atomic E-state index is 0.627. The molecule has 0 amide bonds. The van der Waals surface area contributed by atoms with E-state index in [0.29, 0.717) is 0 Å². The molecule has 0 spiro atoms. The van der Waals surface area contributed by atoms with Crippen LogP contribution in [0.3, 0.4) is 0 Å². The fraction of sp³-hybridized carbons (Fsp3) is 1.00. The van der Waals surface area contributed by atoms with Gasteiger partial charge in [0.05, 0.1) is 0 Å². The Kier molecular flexibility index (Phi) is 3.85. The summed E-state index contributed by atoms with van der Waals surface area (Å²) in [6.45, 7) is 4.76. The van der Waals surface area contributed by atoms with Crippen molar-refractivity contribution in [2.75, 3.05) is 24.6 Å². The molecule has 0 unspecified atom stereocenters. The molecule has 1 aliphatic heterocycles. The molecule has 0 aliphatic carbocycles. The van der Waals surface area contributed by atoms with Gasteiger partial charge in [0.1, 0.15) is 0 Å². The number of hydrogen-bond acceptors (Lipinski definition) is 0. The Bertz CT molecular complexity index is 103. The van der Waals surface area contributed by atoms with Crippen LogP contribution in [0.1, 0.15) is 39.5 Å². The van der Waals surface area contributed by atoms with Crippen LogP contribution in [0.5, 0.6) is 0 Å². The van der Waals surface area contributed by atoms with E-state index in [1.54, 1.807) is 37.5 Å². The van der Waals surface area contributed by atoms with Crippen LogP contribution in [0.15, 0.2) is 0 Å². The van der Waals surface area contributed by atoms with E-state index in [1.165, 1.54) is 12.8 Å². The molecule has 0 radical (unpaired) electrons. The molecule has 11 heavy (non-hydrogen) atoms. The second-order valence-electron chi connectivity index (χ2n) is 4.16. The van der Waals surface area contributed by atoms with E-state index >= 15 is 0 Å². The molecule has 0 nitrogen and oxygen atoms in total. The molecule has 0 aromatic heterocycles. The topological polar surface area (TPSA) is 0 Å². The van der Waals surface area contributed by atoms with E-state index < -0.39 is 7.26 Å². The Balaban J connectivity index is 2.33. The predicted octanol–water partition coefficient (Wildman–Crippen LogP) is 3.35. The van der Waals surface area contributed by atoms with Crippen molar-refractivity contribution in [1.29, 1.82) is 0 Å². The summed E-state index contributed by atoms with van der Waals surface area (Å²) in [6, 6.07) is 0. The third kappa shape index (κ3) is 2.44. The Morgan fingerprint density at radius 3 is 2.18 bits per heavy atom. The molecule has 0 atom stereocenters. The fourth-order valence-corrected chi connectivity index (χ4v) is 7.37. The second-order valence-corrected chi connectivity index (χ2v) is 9.37. The first-order valence-corrected chi connectivity index (χ1v) is 8.16. The SMILES string of the molecule is CCCC[PH]1(CC)CCCC1. The van der Waals surface area contributed by atoms with Crippen LogP contribution in [0.2, 0.25) is 0 Å². The van der Waals surface area contributed by atoms with Crippen LogP contribution < -0.4 is 0 Å². The van der Waals surface area contributed by atoms with Gasteiger partial charge in [-0.3, -0.25) is 0 Å². The fourth-order valence-electron chi connectivity index (χ4n) is 2.46. The van der Waals surface area contributed by atoms with Crippen molar-refractivity contribution in [1.82, 2.24) is 0 Å². The minimum atomic E-state index is -0.627. The zero-order valence-corrected chi connectivity index (χ0v) is 9.16. The molecule has 1 rings (SSSR count). The van der Waals surface area contributed by atoms with Gasteiger partial charge in [-0.25, -0.2) is 0 Å². The summed E-state index contributed by atoms with van der Waals surface area (Å²) in [7, 11) is -0.627. The summed E-state index contributed by atoms with van der Waals surface area (Å²) in [4.78, 5) is 0. The molecule has 1 fully saturated rings. The van der Waals surface area contributed by atoms with Gasteiger partial charge in [-0.2, -0.15) is 0 Å². The summed E-state index contributed by atoms with van der Waals surface area (Å²) in [5, 5.41) is 0. The zero-order chi connectivity index (χ0) is 8.16. The van der Waals surface area contributed by atoms with Gasteiger partial charge in [0, 0.05) is 0 Å². The maximum atomic E-state index is 2.44. The van der Waals surface area contributed by atoms with Crippen molar-refractivity contribution in [2.24, 2.45) is 0 Å². The van der Waals surface area contributed by atoms with Gasteiger partial charge < -0.3 is 0 Å². The summed E-state index contributed by atoms with van der Waals surface area (Å²) >= 11 is 0. The quantitative estimate of drug-likeness (QED) is 0.573. The maximum absolute atomic E-state index is 2.44. The Morgan fingerprint density at radius 1 is 1.09 bits per heavy atom. The molecule has 0 saturated carbocycles. The third-order valence-electron chi connectivity index (χ3n) is 3.47. The molecular formula is C10H23P. The third-order valence-corrected chi connectivity index (χ3v) is 9.22. The molecule has 1 saturated heterocycles. The Morgan fingerprint density at radius 2 is 1.73 bits per heavy atom. The van der Waals surface area contributed by atoms with Gasteiger partial charge in [-0.15, -0.1) is 0 Å². The summed E-state index contributed by atoms with van der Waals surface area (Å²) in [6.07, 6.45) is 12.6. The van der Waals surface area contributed by atoms with Crippen LogP contribution in [0.25, 0.3) is 0 Å². The number of hydrogen-bond donors (Lipinski definition) is 0. The van der Waals surface area contributed by atoms with Crippen LogP contribution in [0.4, 0.5) is 0 Å². The predicted molar refractivity (Wildman–Crippen MR) is 57.6 cm³/mol. The molecule has 1 heterocycles. The van der Waals surface area contributed by atoms with Crippen LogP contribution >= 0.6 is 7.26 Å². The van der Waals surface area contributed by atoms with E-state index in [0.717, 1.165) is 0 Å². The van der Waals surface area contributed by atoms with Gasteiger partial charge in [-0.1, -0.05) is 0 Å². The van der Waals surface area contributed by atoms with E-state index in [2.05, 4.69) is 13.8 Å². The first-order valence-electron chi connectivity index (χ1n) is 5.33. The van der Waals surface area contributed by atoms with Crippen molar-refractivity contribution in [3.8, 4) is 0 Å². The standard InChI is InChI=1S/C10H23P/c1-3-5-8-11(4-2)9-6-7-10-11/h11H,3-10H2,1-2H3. The average Bonchev–Trinajstić information content (AvgIpc) is 2.50. The molecule has 0 bridgehead atoms. The van der Waals surface area contributed by atoms with Gasteiger partial charge >= 0.3 is 71.4 Å². The number of rotatable bonds is 4. The van der Waals surface area contributed by atoms with Crippen LogP contribution in [-0.4, -0.2) is 24.6 Å². The van der Waals surface area contributed by atoms with Crippen molar-refractivity contribution in [3.05, 3.63) is 0 Å². The molecule has 0 aromatic rings. The Hall–Kier alpha value is 0.430. The molecule has 1 aliphatic rings. The van der Waals surface area contributed by atoms with Crippen LogP contribution in [0, 0.1) is 0 Å². The monoisotopic (exact) mass is 174 g/mol. The summed E-state index contributed by atoms with van der Waals surface area (Å²) in [5.41, 5.74) is 0. The number of unbranched alkanes of at least 4 members (excludes halogenated alkanes) is 1. The first-order chi connectivity index (χ1) is 5.33. The normalized spacial score (nSPS) is 25.3. The molecule has 0 aromatic carbocycles. The van der Waals surface area contributed by atoms with Crippen molar-refractivity contribution in [2.45, 2.75) is 39.5 Å². The first kappa shape index (κ1) is 9.52. The second kappa shape index (κ2) is 4.45. The molecular weight excluding hydrogens is 151 g/mol. The molecule has 68 valence electrons. The Labute approximate surface area is 72.1 Å². The van der Waals surface area contributed by atoms with E-state index in [4.69, 9.17) is 0 Å². The van der Waals surface area contributed by atoms with E-state index in [1.807, 2.05) is 0 Å².